The third-order valence-corrected chi connectivity index (χ3v) is 8.95. The van der Waals surface area contributed by atoms with Crippen molar-refractivity contribution in [3.05, 3.63) is 12.2 Å². The van der Waals surface area contributed by atoms with Gasteiger partial charge in [0.25, 0.3) is 0 Å². The number of nitrogens with two attached hydrogens (primary N) is 1. The first-order chi connectivity index (χ1) is 12.4. The highest BCUT2D eigenvalue weighted by Crippen LogP contribution is 2.65. The molecule has 0 heterocycles. The summed E-state index contributed by atoms with van der Waals surface area (Å²) in [6.45, 7) is 5.30. The zero-order chi connectivity index (χ0) is 18.5. The van der Waals surface area contributed by atoms with Crippen LogP contribution in [-0.2, 0) is 9.59 Å². The van der Waals surface area contributed by atoms with Crippen LogP contribution in [0.15, 0.2) is 12.2 Å². The molecule has 152 valence electrons. The molecule has 7 atom stereocenters. The van der Waals surface area contributed by atoms with Crippen LogP contribution in [0.3, 0.4) is 0 Å². The smallest absolute Gasteiger partial charge is 0.139 e. The number of carbonyl (C=O) groups excluding carboxylic acids is 2. The second-order valence-corrected chi connectivity index (χ2v) is 10.1. The van der Waals surface area contributed by atoms with Gasteiger partial charge in [-0.05, 0) is 80.6 Å². The van der Waals surface area contributed by atoms with E-state index in [0.717, 1.165) is 44.9 Å². The summed E-state index contributed by atoms with van der Waals surface area (Å²) in [7, 11) is 0. The van der Waals surface area contributed by atoms with Crippen molar-refractivity contribution in [3.63, 3.8) is 0 Å². The van der Waals surface area contributed by atoms with Gasteiger partial charge in [-0.15, -0.1) is 12.4 Å². The first-order valence-electron chi connectivity index (χ1n) is 10.8. The number of fused-ring (bicyclic) bond motifs is 5. The van der Waals surface area contributed by atoms with Crippen molar-refractivity contribution in [2.45, 2.75) is 71.6 Å². The quantitative estimate of drug-likeness (QED) is 0.705. The Hall–Kier alpha value is -0.670. The lowest BCUT2D eigenvalue weighted by Crippen LogP contribution is -2.56. The van der Waals surface area contributed by atoms with Crippen molar-refractivity contribution in [2.75, 3.05) is 6.54 Å². The Morgan fingerprint density at radius 3 is 2.63 bits per heavy atom. The van der Waals surface area contributed by atoms with E-state index in [9.17, 15) is 9.59 Å². The predicted molar refractivity (Wildman–Crippen MR) is 111 cm³/mol. The van der Waals surface area contributed by atoms with Crippen molar-refractivity contribution in [1.29, 1.82) is 0 Å². The van der Waals surface area contributed by atoms with Gasteiger partial charge in [0.2, 0.25) is 0 Å². The molecule has 0 radical (unpaired) electrons. The maximum absolute atomic E-state index is 13.2. The van der Waals surface area contributed by atoms with Gasteiger partial charge in [-0.3, -0.25) is 9.59 Å². The van der Waals surface area contributed by atoms with Crippen molar-refractivity contribution in [1.82, 2.24) is 0 Å². The second kappa shape index (κ2) is 7.63. The minimum Gasteiger partial charge on any atom is -0.330 e. The van der Waals surface area contributed by atoms with Gasteiger partial charge >= 0.3 is 0 Å². The van der Waals surface area contributed by atoms with E-state index in [1.807, 2.05) is 0 Å². The topological polar surface area (TPSA) is 60.2 Å². The molecule has 0 amide bonds. The number of hydrogen-bond acceptors (Lipinski definition) is 3. The third-order valence-electron chi connectivity index (χ3n) is 8.95. The molecule has 27 heavy (non-hydrogen) atoms. The van der Waals surface area contributed by atoms with Gasteiger partial charge in [-0.2, -0.15) is 0 Å². The Balaban J connectivity index is 0.00000210. The number of rotatable bonds is 3. The SMILES string of the molecule is C[C@]12CC[C@H](/C=C/CCN)CC1C(=O)C[C@@H]1[C@@H]2CC[C@]2(C)C(=O)CC[C@@H]12.Cl. The Morgan fingerprint density at radius 2 is 1.89 bits per heavy atom. The fraction of sp³-hybridized carbons (Fsp3) is 0.826. The van der Waals surface area contributed by atoms with E-state index < -0.39 is 0 Å². The minimum absolute atomic E-state index is 0. The summed E-state index contributed by atoms with van der Waals surface area (Å²) in [5.74, 6) is 3.29. The summed E-state index contributed by atoms with van der Waals surface area (Å²) in [4.78, 5) is 25.7. The summed E-state index contributed by atoms with van der Waals surface area (Å²) in [5, 5.41) is 0. The summed E-state index contributed by atoms with van der Waals surface area (Å²) in [5.41, 5.74) is 5.63. The molecule has 4 heteroatoms. The summed E-state index contributed by atoms with van der Waals surface area (Å²) in [6.07, 6.45) is 13.6. The summed E-state index contributed by atoms with van der Waals surface area (Å²) < 4.78 is 0. The van der Waals surface area contributed by atoms with Crippen LogP contribution in [0.25, 0.3) is 0 Å². The van der Waals surface area contributed by atoms with Gasteiger partial charge in [0, 0.05) is 24.2 Å². The van der Waals surface area contributed by atoms with Gasteiger partial charge in [0.15, 0.2) is 0 Å². The van der Waals surface area contributed by atoms with Crippen LogP contribution in [0.1, 0.15) is 71.6 Å². The summed E-state index contributed by atoms with van der Waals surface area (Å²) >= 11 is 0. The van der Waals surface area contributed by atoms with Gasteiger partial charge in [0.1, 0.15) is 11.6 Å². The molecule has 4 fully saturated rings. The maximum Gasteiger partial charge on any atom is 0.139 e. The number of ketones is 2. The molecule has 0 bridgehead atoms. The van der Waals surface area contributed by atoms with Crippen molar-refractivity contribution in [2.24, 2.45) is 46.2 Å². The highest BCUT2D eigenvalue weighted by Gasteiger charge is 2.62. The first-order valence-corrected chi connectivity index (χ1v) is 10.8. The van der Waals surface area contributed by atoms with Crippen LogP contribution < -0.4 is 5.73 Å². The molecule has 0 saturated heterocycles. The Kier molecular flexibility index (Phi) is 5.95. The van der Waals surface area contributed by atoms with E-state index in [1.165, 1.54) is 12.8 Å². The Bertz CT molecular complexity index is 632. The Morgan fingerprint density at radius 1 is 1.11 bits per heavy atom. The van der Waals surface area contributed by atoms with Gasteiger partial charge in [0.05, 0.1) is 0 Å². The van der Waals surface area contributed by atoms with Crippen LogP contribution in [0.5, 0.6) is 0 Å². The number of allylic oxidation sites excluding steroid dienone is 1. The van der Waals surface area contributed by atoms with E-state index in [0.29, 0.717) is 41.8 Å². The molecular weight excluding hydrogens is 358 g/mol. The monoisotopic (exact) mass is 393 g/mol. The first kappa shape index (κ1) is 21.0. The lowest BCUT2D eigenvalue weighted by molar-refractivity contribution is -0.157. The van der Waals surface area contributed by atoms with Crippen LogP contribution in [0.2, 0.25) is 0 Å². The third kappa shape index (κ3) is 3.23. The average Bonchev–Trinajstić information content (AvgIpc) is 2.92. The van der Waals surface area contributed by atoms with E-state index in [-0.39, 0.29) is 29.2 Å². The number of halogens is 1. The highest BCUT2D eigenvalue weighted by atomic mass is 35.5. The fourth-order valence-corrected chi connectivity index (χ4v) is 7.40. The van der Waals surface area contributed by atoms with Crippen LogP contribution in [0, 0.1) is 40.4 Å². The molecular formula is C23H36ClNO2. The van der Waals surface area contributed by atoms with E-state index in [2.05, 4.69) is 26.0 Å². The van der Waals surface area contributed by atoms with E-state index in [4.69, 9.17) is 5.73 Å². The summed E-state index contributed by atoms with van der Waals surface area (Å²) in [6, 6.07) is 0. The van der Waals surface area contributed by atoms with Crippen LogP contribution in [-0.4, -0.2) is 18.1 Å². The molecule has 2 N–H and O–H groups in total. The van der Waals surface area contributed by atoms with Crippen molar-refractivity contribution < 1.29 is 9.59 Å². The lowest BCUT2D eigenvalue weighted by atomic mass is 9.44. The maximum atomic E-state index is 13.2. The molecule has 0 aromatic carbocycles. The van der Waals surface area contributed by atoms with E-state index in [1.54, 1.807) is 0 Å². The number of Topliss-reactive ketones (excluding diaryl/α,β-unsaturated/α-hetero) is 2. The minimum atomic E-state index is -0.132. The van der Waals surface area contributed by atoms with Gasteiger partial charge in [-0.1, -0.05) is 26.0 Å². The Labute approximate surface area is 170 Å². The number of hydrogen-bond donors (Lipinski definition) is 1. The zero-order valence-electron chi connectivity index (χ0n) is 16.9. The molecule has 4 aliphatic carbocycles. The van der Waals surface area contributed by atoms with Gasteiger partial charge < -0.3 is 5.73 Å². The van der Waals surface area contributed by atoms with E-state index >= 15 is 0 Å². The normalized spacial score (nSPS) is 46.6. The largest absolute Gasteiger partial charge is 0.330 e. The molecule has 4 saturated carbocycles. The van der Waals surface area contributed by atoms with Crippen molar-refractivity contribution >= 4 is 24.0 Å². The molecule has 4 rings (SSSR count). The molecule has 0 spiro atoms. The standard InChI is InChI=1S/C23H35NO2.ClH/c1-22-10-8-15(5-3-4-12-24)13-19(22)20(25)14-16-17-6-7-21(26)23(17,2)11-9-18(16)22;/h3,5,15-19H,4,6-14,24H2,1-2H3;1H/b5-3+;/t15-,16-,17-,18-,19?,22+,23-;/m0./s1. The highest BCUT2D eigenvalue weighted by molar-refractivity contribution is 5.88. The zero-order valence-corrected chi connectivity index (χ0v) is 17.7. The predicted octanol–water partition coefficient (Wildman–Crippen LogP) is 4.72. The van der Waals surface area contributed by atoms with Crippen molar-refractivity contribution in [3.8, 4) is 0 Å². The van der Waals surface area contributed by atoms with Gasteiger partial charge in [-0.25, -0.2) is 0 Å². The average molecular weight is 394 g/mol. The fourth-order valence-electron chi connectivity index (χ4n) is 7.40. The van der Waals surface area contributed by atoms with Crippen LogP contribution in [0.4, 0.5) is 0 Å². The molecule has 1 unspecified atom stereocenters. The number of carbonyl (C=O) groups is 2. The molecule has 4 aliphatic rings. The molecule has 0 aliphatic heterocycles. The molecule has 3 nitrogen and oxygen atoms in total. The molecule has 0 aromatic heterocycles. The molecule has 0 aromatic rings. The van der Waals surface area contributed by atoms with Crippen LogP contribution >= 0.6 is 12.4 Å². The lowest BCUT2D eigenvalue weighted by Gasteiger charge is -2.59. The second-order valence-electron chi connectivity index (χ2n) is 10.1.